The summed E-state index contributed by atoms with van der Waals surface area (Å²) in [5, 5.41) is 2.42. The molecule has 0 bridgehead atoms. The summed E-state index contributed by atoms with van der Waals surface area (Å²) in [4.78, 5) is 24.9. The second-order valence-corrected chi connectivity index (χ2v) is 11.2. The van der Waals surface area contributed by atoms with Crippen molar-refractivity contribution in [2.24, 2.45) is 0 Å². The number of nitrogens with zero attached hydrogens (tertiary/aromatic N) is 2. The van der Waals surface area contributed by atoms with E-state index in [9.17, 15) is 26.4 Å². The van der Waals surface area contributed by atoms with Crippen LogP contribution in [0.2, 0.25) is 0 Å². The van der Waals surface area contributed by atoms with Gasteiger partial charge in [0.1, 0.15) is 12.1 Å². The van der Waals surface area contributed by atoms with Crippen molar-refractivity contribution in [3.63, 3.8) is 0 Å². The summed E-state index contributed by atoms with van der Waals surface area (Å²) < 4.78 is 59.5. The van der Waals surface area contributed by atoms with Crippen LogP contribution in [0.25, 0.3) is 0 Å². The van der Waals surface area contributed by atoms with Crippen LogP contribution in [0.1, 0.15) is 6.92 Å². The van der Waals surface area contributed by atoms with Gasteiger partial charge in [0, 0.05) is 19.6 Å². The molecule has 1 heterocycles. The van der Waals surface area contributed by atoms with E-state index in [0.717, 1.165) is 15.7 Å². The minimum atomic E-state index is -4.12. The molecule has 0 unspecified atom stereocenters. The number of rotatable bonds is 7. The summed E-state index contributed by atoms with van der Waals surface area (Å²) in [5.41, 5.74) is 0. The number of amides is 1. The summed E-state index contributed by atoms with van der Waals surface area (Å²) in [6.45, 7) is 0.595. The first-order valence-corrected chi connectivity index (χ1v) is 13.0. The number of piperazine rings is 1. The monoisotopic (exact) mass is 495 g/mol. The van der Waals surface area contributed by atoms with E-state index in [0.29, 0.717) is 0 Å². The number of ether oxygens (including phenoxy) is 1. The number of benzene rings is 2. The number of methoxy groups -OCH3 is 1. The van der Waals surface area contributed by atoms with Crippen LogP contribution in [0.4, 0.5) is 0 Å². The quantitative estimate of drug-likeness (QED) is 0.551. The van der Waals surface area contributed by atoms with E-state index in [2.05, 4.69) is 10.1 Å². The highest BCUT2D eigenvalue weighted by Gasteiger charge is 2.43. The van der Waals surface area contributed by atoms with Crippen molar-refractivity contribution in [1.29, 1.82) is 0 Å². The van der Waals surface area contributed by atoms with Crippen LogP contribution in [0, 0.1) is 0 Å². The molecular weight excluding hydrogens is 470 g/mol. The predicted molar refractivity (Wildman–Crippen MR) is 119 cm³/mol. The van der Waals surface area contributed by atoms with Crippen molar-refractivity contribution in [2.75, 3.05) is 26.7 Å². The second-order valence-electron chi connectivity index (χ2n) is 7.37. The maximum Gasteiger partial charge on any atom is 0.328 e. The average Bonchev–Trinajstić information content (AvgIpc) is 2.84. The predicted octanol–water partition coefficient (Wildman–Crippen LogP) is 0.428. The van der Waals surface area contributed by atoms with Crippen molar-refractivity contribution >= 4 is 31.9 Å². The van der Waals surface area contributed by atoms with Crippen molar-refractivity contribution in [3.8, 4) is 0 Å². The van der Waals surface area contributed by atoms with Gasteiger partial charge in [0.15, 0.2) is 0 Å². The normalized spacial score (nSPS) is 18.9. The average molecular weight is 496 g/mol. The third kappa shape index (κ3) is 5.24. The van der Waals surface area contributed by atoms with Crippen molar-refractivity contribution in [3.05, 3.63) is 60.7 Å². The highest BCUT2D eigenvalue weighted by Crippen LogP contribution is 2.25. The standard InChI is InChI=1S/C21H25N3O7S2/c1-16(21(26)31-2)22-20(25)19-15-23(32(27,28)17-9-5-3-6-10-17)13-14-24(19)33(29,30)18-11-7-4-8-12-18/h3-12,16,19H,13-15H2,1-2H3,(H,22,25)/t16-,19+/m1/s1. The lowest BCUT2D eigenvalue weighted by atomic mass is 10.2. The highest BCUT2D eigenvalue weighted by atomic mass is 32.2. The van der Waals surface area contributed by atoms with Gasteiger partial charge in [0.2, 0.25) is 26.0 Å². The van der Waals surface area contributed by atoms with Gasteiger partial charge in [-0.25, -0.2) is 21.6 Å². The third-order valence-corrected chi connectivity index (χ3v) is 9.04. The first-order valence-electron chi connectivity index (χ1n) is 10.1. The Morgan fingerprint density at radius 2 is 1.42 bits per heavy atom. The molecular formula is C21H25N3O7S2. The molecule has 12 heteroatoms. The molecule has 0 saturated carbocycles. The number of sulfonamides is 2. The van der Waals surface area contributed by atoms with Crippen molar-refractivity contribution in [1.82, 2.24) is 13.9 Å². The largest absolute Gasteiger partial charge is 0.467 e. The third-order valence-electron chi connectivity index (χ3n) is 5.24. The van der Waals surface area contributed by atoms with Gasteiger partial charge in [0.25, 0.3) is 0 Å². The topological polar surface area (TPSA) is 130 Å². The van der Waals surface area contributed by atoms with Crippen LogP contribution >= 0.6 is 0 Å². The molecule has 3 rings (SSSR count). The van der Waals surface area contributed by atoms with Gasteiger partial charge < -0.3 is 10.1 Å². The van der Waals surface area contributed by atoms with Gasteiger partial charge in [-0.2, -0.15) is 8.61 Å². The SMILES string of the molecule is COC(=O)[C@@H](C)NC(=O)[C@@H]1CN(S(=O)(=O)c2ccccc2)CCN1S(=O)(=O)c1ccccc1. The molecule has 2 aromatic rings. The Morgan fingerprint density at radius 3 is 1.94 bits per heavy atom. The van der Waals surface area contributed by atoms with Crippen LogP contribution in [-0.2, 0) is 34.4 Å². The van der Waals surface area contributed by atoms with Crippen LogP contribution in [-0.4, -0.2) is 76.2 Å². The number of hydrogen-bond donors (Lipinski definition) is 1. The number of nitrogens with one attached hydrogen (secondary N) is 1. The Kier molecular flexibility index (Phi) is 7.52. The molecule has 1 aliphatic rings. The zero-order chi connectivity index (χ0) is 24.2. The zero-order valence-electron chi connectivity index (χ0n) is 18.1. The molecule has 2 atom stereocenters. The molecule has 10 nitrogen and oxygen atoms in total. The molecule has 0 spiro atoms. The molecule has 0 aliphatic carbocycles. The summed E-state index contributed by atoms with van der Waals surface area (Å²) in [6, 6.07) is 12.8. The van der Waals surface area contributed by atoms with Crippen molar-refractivity contribution < 1.29 is 31.2 Å². The van der Waals surface area contributed by atoms with E-state index < -0.39 is 50.6 Å². The molecule has 1 aliphatic heterocycles. The van der Waals surface area contributed by atoms with Gasteiger partial charge >= 0.3 is 5.97 Å². The van der Waals surface area contributed by atoms with E-state index in [-0.39, 0.29) is 22.9 Å². The van der Waals surface area contributed by atoms with E-state index in [1.807, 2.05) is 0 Å². The molecule has 1 saturated heterocycles. The minimum Gasteiger partial charge on any atom is -0.467 e. The fourth-order valence-electron chi connectivity index (χ4n) is 3.48. The summed E-state index contributed by atoms with van der Waals surface area (Å²) in [7, 11) is -6.93. The lowest BCUT2D eigenvalue weighted by Crippen LogP contribution is -2.62. The fourth-order valence-corrected chi connectivity index (χ4v) is 6.53. The molecule has 0 radical (unpaired) electrons. The van der Waals surface area contributed by atoms with E-state index >= 15 is 0 Å². The van der Waals surface area contributed by atoms with Gasteiger partial charge in [-0.15, -0.1) is 0 Å². The zero-order valence-corrected chi connectivity index (χ0v) is 19.8. The number of esters is 1. The molecule has 33 heavy (non-hydrogen) atoms. The minimum absolute atomic E-state index is 0.0248. The Hall–Kier alpha value is -2.80. The summed E-state index contributed by atoms with van der Waals surface area (Å²) in [6.07, 6.45) is 0. The molecule has 0 aromatic heterocycles. The number of carbonyl (C=O) groups is 2. The van der Waals surface area contributed by atoms with Crippen LogP contribution in [0.5, 0.6) is 0 Å². The van der Waals surface area contributed by atoms with E-state index in [1.54, 1.807) is 36.4 Å². The molecule has 1 N–H and O–H groups in total. The smallest absolute Gasteiger partial charge is 0.328 e. The van der Waals surface area contributed by atoms with Gasteiger partial charge in [-0.3, -0.25) is 4.79 Å². The van der Waals surface area contributed by atoms with Gasteiger partial charge in [-0.05, 0) is 31.2 Å². The van der Waals surface area contributed by atoms with E-state index in [4.69, 9.17) is 0 Å². The molecule has 1 fully saturated rings. The molecule has 2 aromatic carbocycles. The van der Waals surface area contributed by atoms with Crippen molar-refractivity contribution in [2.45, 2.75) is 28.8 Å². The van der Waals surface area contributed by atoms with Gasteiger partial charge in [0.05, 0.1) is 16.9 Å². The maximum absolute atomic E-state index is 13.3. The highest BCUT2D eigenvalue weighted by molar-refractivity contribution is 7.89. The van der Waals surface area contributed by atoms with Gasteiger partial charge in [-0.1, -0.05) is 36.4 Å². The first kappa shape index (κ1) is 24.8. The molecule has 178 valence electrons. The molecule has 1 amide bonds. The lowest BCUT2D eigenvalue weighted by Gasteiger charge is -2.39. The number of carbonyl (C=O) groups excluding carboxylic acids is 2. The Morgan fingerprint density at radius 1 is 0.909 bits per heavy atom. The van der Waals surface area contributed by atoms with Crippen LogP contribution in [0.3, 0.4) is 0 Å². The summed E-state index contributed by atoms with van der Waals surface area (Å²) in [5.74, 6) is -1.52. The van der Waals surface area contributed by atoms with E-state index in [1.165, 1.54) is 31.2 Å². The maximum atomic E-state index is 13.3. The van der Waals surface area contributed by atoms with Crippen LogP contribution in [0.15, 0.2) is 70.5 Å². The fraction of sp³-hybridized carbons (Fsp3) is 0.333. The summed E-state index contributed by atoms with van der Waals surface area (Å²) >= 11 is 0. The lowest BCUT2D eigenvalue weighted by molar-refractivity contribution is -0.145. The number of hydrogen-bond acceptors (Lipinski definition) is 7. The first-order chi connectivity index (χ1) is 15.6. The Labute approximate surface area is 193 Å². The Balaban J connectivity index is 1.96. The Bertz CT molecular complexity index is 1200. The second kappa shape index (κ2) is 10.00. The van der Waals surface area contributed by atoms with Crippen LogP contribution < -0.4 is 5.32 Å².